The van der Waals surface area contributed by atoms with Gasteiger partial charge in [0.15, 0.2) is 11.6 Å². The summed E-state index contributed by atoms with van der Waals surface area (Å²) in [5.74, 6) is 1.96. The molecular formula is C24H29BrN8O2. The van der Waals surface area contributed by atoms with Gasteiger partial charge in [-0.3, -0.25) is 4.79 Å². The van der Waals surface area contributed by atoms with Crippen LogP contribution in [0.2, 0.25) is 0 Å². The van der Waals surface area contributed by atoms with Crippen molar-refractivity contribution in [2.75, 3.05) is 47.0 Å². The number of fused-ring (bicyclic) bond motifs is 1. The monoisotopic (exact) mass is 540 g/mol. The minimum absolute atomic E-state index is 0.207. The largest absolute Gasteiger partial charge is 0.368 e. The van der Waals surface area contributed by atoms with E-state index in [2.05, 4.69) is 57.8 Å². The zero-order valence-corrected chi connectivity index (χ0v) is 21.2. The van der Waals surface area contributed by atoms with E-state index in [0.717, 1.165) is 65.0 Å². The Morgan fingerprint density at radius 1 is 1.03 bits per heavy atom. The molecule has 184 valence electrons. The molecule has 0 aliphatic carbocycles. The Hall–Kier alpha value is -3.60. The molecule has 3 aromatic rings. The van der Waals surface area contributed by atoms with Crippen LogP contribution in [0.25, 0.3) is 10.8 Å². The van der Waals surface area contributed by atoms with Crippen molar-refractivity contribution in [3.8, 4) is 0 Å². The van der Waals surface area contributed by atoms with Gasteiger partial charge in [0.1, 0.15) is 6.29 Å². The van der Waals surface area contributed by atoms with E-state index in [1.807, 2.05) is 18.2 Å². The Bertz CT molecular complexity index is 1140. The Morgan fingerprint density at radius 3 is 2.06 bits per heavy atom. The molecule has 3 N–H and O–H groups in total. The number of hydrogen-bond donors (Lipinski definition) is 2. The van der Waals surface area contributed by atoms with Crippen molar-refractivity contribution in [2.24, 2.45) is 0 Å². The number of hydrogen-bond acceptors (Lipinski definition) is 9. The molecule has 11 heteroatoms. The number of nitrogens with two attached hydrogens (primary N) is 1. The maximum absolute atomic E-state index is 11.6. The molecule has 1 amide bonds. The van der Waals surface area contributed by atoms with E-state index in [0.29, 0.717) is 5.95 Å². The molecule has 0 atom stereocenters. The van der Waals surface area contributed by atoms with Crippen LogP contribution in [0.15, 0.2) is 47.7 Å². The average Bonchev–Trinajstić information content (AvgIpc) is 3.36. The Labute approximate surface area is 212 Å². The number of rotatable bonds is 4. The highest BCUT2D eigenvalue weighted by Gasteiger charge is 2.23. The maximum Gasteiger partial charge on any atom is 0.247 e. The first-order chi connectivity index (χ1) is 17.0. The summed E-state index contributed by atoms with van der Waals surface area (Å²) in [6.07, 6.45) is 8.81. The number of aromatic nitrogens is 4. The molecule has 2 fully saturated rings. The highest BCUT2D eigenvalue weighted by atomic mass is 79.9. The second-order valence-electron chi connectivity index (χ2n) is 7.83. The van der Waals surface area contributed by atoms with E-state index < -0.39 is 0 Å². The average molecular weight is 541 g/mol. The molecule has 2 saturated heterocycles. The summed E-state index contributed by atoms with van der Waals surface area (Å²) in [6.45, 7) is 9.03. The van der Waals surface area contributed by atoms with E-state index in [9.17, 15) is 4.79 Å². The third-order valence-corrected chi connectivity index (χ3v) is 5.80. The number of nitrogens with zero attached hydrogens (tertiary/aromatic N) is 6. The summed E-state index contributed by atoms with van der Waals surface area (Å²) < 4.78 is 0.840. The number of benzene rings is 1. The number of nitrogens with one attached hydrogen (secondary N) is 1. The number of halogens is 1. The second kappa shape index (κ2) is 12.7. The molecule has 5 rings (SSSR count). The lowest BCUT2D eigenvalue weighted by Gasteiger charge is -2.33. The van der Waals surface area contributed by atoms with Crippen LogP contribution in [0, 0.1) is 0 Å². The lowest BCUT2D eigenvalue weighted by molar-refractivity contribution is -0.112. The Balaban J connectivity index is 0.000000260. The lowest BCUT2D eigenvalue weighted by atomic mass is 10.1. The van der Waals surface area contributed by atoms with E-state index in [4.69, 9.17) is 10.5 Å². The molecule has 1 aromatic carbocycles. The molecule has 0 saturated carbocycles. The number of amides is 1. The van der Waals surface area contributed by atoms with Gasteiger partial charge in [-0.2, -0.15) is 0 Å². The van der Waals surface area contributed by atoms with E-state index in [1.165, 1.54) is 32.3 Å². The third kappa shape index (κ3) is 6.95. The highest BCUT2D eigenvalue weighted by molar-refractivity contribution is 9.10. The summed E-state index contributed by atoms with van der Waals surface area (Å²) in [6, 6.07) is 5.96. The van der Waals surface area contributed by atoms with Gasteiger partial charge in [0.25, 0.3) is 0 Å². The van der Waals surface area contributed by atoms with Crippen molar-refractivity contribution < 1.29 is 9.59 Å². The minimum atomic E-state index is -0.207. The number of aldehydes is 1. The van der Waals surface area contributed by atoms with Gasteiger partial charge in [0.2, 0.25) is 11.9 Å². The van der Waals surface area contributed by atoms with E-state index in [1.54, 1.807) is 12.4 Å². The highest BCUT2D eigenvalue weighted by Crippen LogP contribution is 2.35. The molecule has 0 spiro atoms. The molecule has 0 unspecified atom stereocenters. The van der Waals surface area contributed by atoms with Crippen LogP contribution in [0.1, 0.15) is 26.2 Å². The molecule has 2 aromatic heterocycles. The number of carbonyl (C=O) groups excluding carboxylic acids is 2. The fraction of sp³-hybridized carbons (Fsp3) is 0.333. The maximum atomic E-state index is 11.6. The summed E-state index contributed by atoms with van der Waals surface area (Å²) >= 11 is 3.16. The topological polar surface area (TPSA) is 130 Å². The zero-order valence-electron chi connectivity index (χ0n) is 19.7. The van der Waals surface area contributed by atoms with E-state index >= 15 is 0 Å². The van der Waals surface area contributed by atoms with Crippen LogP contribution in [-0.2, 0) is 9.59 Å². The van der Waals surface area contributed by atoms with Gasteiger partial charge in [-0.05, 0) is 66.4 Å². The second-order valence-corrected chi connectivity index (χ2v) is 8.75. The predicted octanol–water partition coefficient (Wildman–Crippen LogP) is 3.59. The quantitative estimate of drug-likeness (QED) is 0.376. The van der Waals surface area contributed by atoms with Gasteiger partial charge in [-0.1, -0.05) is 6.58 Å². The number of carbonyl (C=O) groups is 2. The molecule has 0 bridgehead atoms. The van der Waals surface area contributed by atoms with Crippen LogP contribution >= 0.6 is 15.9 Å². The minimum Gasteiger partial charge on any atom is -0.368 e. The first kappa shape index (κ1) is 26.0. The first-order valence-corrected chi connectivity index (χ1v) is 12.1. The smallest absolute Gasteiger partial charge is 0.247 e. The van der Waals surface area contributed by atoms with Gasteiger partial charge in [0.05, 0.1) is 4.47 Å². The Kier molecular flexibility index (Phi) is 9.47. The van der Waals surface area contributed by atoms with Crippen molar-refractivity contribution in [1.29, 1.82) is 0 Å². The summed E-state index contributed by atoms with van der Waals surface area (Å²) in [5.41, 5.74) is 5.94. The normalized spacial score (nSPS) is 14.1. The standard InChI is InChI=1S/C18H21N5O.C4H4BrN3.C2H4O/c1-2-16(24)19-13-6-7-14-15(12-13)18(23-10-5-11-23)21-20-17(14)22-8-3-4-9-22;5-3-1-7-4(6)8-2-3;1-2-3/h2,6-7,12H,1,3-5,8-11H2,(H,19,24);1-2H,(H2,6,7,8);2H,1H3. The van der Waals surface area contributed by atoms with Crippen LogP contribution in [0.3, 0.4) is 0 Å². The molecule has 35 heavy (non-hydrogen) atoms. The lowest BCUT2D eigenvalue weighted by Crippen LogP contribution is -2.38. The van der Waals surface area contributed by atoms with Gasteiger partial charge >= 0.3 is 0 Å². The molecule has 2 aliphatic rings. The van der Waals surface area contributed by atoms with E-state index in [-0.39, 0.29) is 5.91 Å². The summed E-state index contributed by atoms with van der Waals surface area (Å²) in [4.78, 5) is 32.3. The van der Waals surface area contributed by atoms with Crippen molar-refractivity contribution in [3.05, 3.63) is 47.7 Å². The van der Waals surface area contributed by atoms with Gasteiger partial charge in [-0.25, -0.2) is 9.97 Å². The van der Waals surface area contributed by atoms with Crippen LogP contribution < -0.4 is 20.9 Å². The molecule has 10 nitrogen and oxygen atoms in total. The predicted molar refractivity (Wildman–Crippen MR) is 143 cm³/mol. The van der Waals surface area contributed by atoms with Crippen LogP contribution in [-0.4, -0.2) is 58.5 Å². The molecule has 0 radical (unpaired) electrons. The van der Waals surface area contributed by atoms with Gasteiger partial charge in [0, 0.05) is 55.0 Å². The summed E-state index contributed by atoms with van der Waals surface area (Å²) in [7, 11) is 0. The van der Waals surface area contributed by atoms with Gasteiger partial charge < -0.3 is 25.6 Å². The summed E-state index contributed by atoms with van der Waals surface area (Å²) in [5, 5.41) is 14.0. The fourth-order valence-corrected chi connectivity index (χ4v) is 3.85. The Morgan fingerprint density at radius 2 is 1.57 bits per heavy atom. The van der Waals surface area contributed by atoms with Crippen molar-refractivity contribution >= 4 is 62.2 Å². The zero-order chi connectivity index (χ0) is 25.2. The molecule has 4 heterocycles. The third-order valence-electron chi connectivity index (χ3n) is 5.40. The fourth-order valence-electron chi connectivity index (χ4n) is 3.64. The van der Waals surface area contributed by atoms with Crippen LogP contribution in [0.5, 0.6) is 0 Å². The van der Waals surface area contributed by atoms with Crippen molar-refractivity contribution in [1.82, 2.24) is 20.2 Å². The SMILES string of the molecule is C=CC(=O)Nc1ccc2c(N3CCCC3)nnc(N3CCC3)c2c1.CC=O.Nc1ncc(Br)cn1. The van der Waals surface area contributed by atoms with Crippen molar-refractivity contribution in [3.63, 3.8) is 0 Å². The van der Waals surface area contributed by atoms with Crippen molar-refractivity contribution in [2.45, 2.75) is 26.2 Å². The first-order valence-electron chi connectivity index (χ1n) is 11.3. The number of anilines is 4. The van der Waals surface area contributed by atoms with Crippen LogP contribution in [0.4, 0.5) is 23.3 Å². The molecular weight excluding hydrogens is 512 g/mol. The van der Waals surface area contributed by atoms with Gasteiger partial charge in [-0.15, -0.1) is 10.2 Å². The molecule has 2 aliphatic heterocycles. The number of nitrogen functional groups attached to an aromatic ring is 1.